The van der Waals surface area contributed by atoms with Crippen molar-refractivity contribution in [3.63, 3.8) is 0 Å². The molecule has 2 fully saturated rings. The minimum absolute atomic E-state index is 0.0918. The molecule has 2 atom stereocenters. The molecule has 2 nitrogen and oxygen atoms in total. The fourth-order valence-electron chi connectivity index (χ4n) is 3.50. The maximum absolute atomic E-state index is 6.60. The van der Waals surface area contributed by atoms with Crippen molar-refractivity contribution < 1.29 is 4.74 Å². The predicted molar refractivity (Wildman–Crippen MR) is 96.7 cm³/mol. The average Bonchev–Trinajstić information content (AvgIpc) is 2.46. The summed E-state index contributed by atoms with van der Waals surface area (Å²) < 4.78 is 8.35. The number of hydrogen-bond donors (Lipinski definition) is 1. The van der Waals surface area contributed by atoms with Gasteiger partial charge in [0.25, 0.3) is 0 Å². The van der Waals surface area contributed by atoms with Gasteiger partial charge >= 0.3 is 0 Å². The summed E-state index contributed by atoms with van der Waals surface area (Å²) in [6.45, 7) is 0.859. The molecule has 0 aromatic heterocycles. The lowest BCUT2D eigenvalue weighted by atomic mass is 9.77. The van der Waals surface area contributed by atoms with Gasteiger partial charge in [-0.1, -0.05) is 31.9 Å². The van der Waals surface area contributed by atoms with E-state index in [-0.39, 0.29) is 11.6 Å². The number of thioether (sulfide) groups is 1. The van der Waals surface area contributed by atoms with Gasteiger partial charge in [-0.25, -0.2) is 0 Å². The van der Waals surface area contributed by atoms with Gasteiger partial charge < -0.3 is 10.5 Å². The van der Waals surface area contributed by atoms with Crippen molar-refractivity contribution in [3.8, 4) is 0 Å². The molecule has 2 aliphatic rings. The minimum Gasteiger partial charge on any atom is -0.375 e. The highest BCUT2D eigenvalue weighted by atomic mass is 79.9. The topological polar surface area (TPSA) is 35.2 Å². The molecule has 5 heteroatoms. The standard InChI is InChI=1S/C16H21Br2NOS/c17-13-7-12(8-14(18)9-13)15(19)11-1-4-20-16(10-11)2-5-21-6-3-16/h7-9,11,15H,1-6,10,19H2. The highest BCUT2D eigenvalue weighted by Gasteiger charge is 2.40. The lowest BCUT2D eigenvalue weighted by molar-refractivity contribution is -0.105. The molecule has 2 aliphatic heterocycles. The van der Waals surface area contributed by atoms with Crippen LogP contribution >= 0.6 is 43.6 Å². The summed E-state index contributed by atoms with van der Waals surface area (Å²) in [6.07, 6.45) is 4.55. The molecule has 0 amide bonds. The zero-order valence-electron chi connectivity index (χ0n) is 12.0. The van der Waals surface area contributed by atoms with Crippen LogP contribution in [0.1, 0.15) is 37.3 Å². The summed E-state index contributed by atoms with van der Waals surface area (Å²) in [6, 6.07) is 6.44. The van der Waals surface area contributed by atoms with E-state index in [1.54, 1.807) is 0 Å². The number of halogens is 2. The van der Waals surface area contributed by atoms with Gasteiger partial charge in [-0.2, -0.15) is 11.8 Å². The molecule has 3 rings (SSSR count). The highest BCUT2D eigenvalue weighted by Crippen LogP contribution is 2.43. The molecule has 0 bridgehead atoms. The first-order chi connectivity index (χ1) is 10.1. The molecule has 1 aromatic carbocycles. The lowest BCUT2D eigenvalue weighted by Crippen LogP contribution is -2.45. The van der Waals surface area contributed by atoms with Gasteiger partial charge in [0.1, 0.15) is 0 Å². The smallest absolute Gasteiger partial charge is 0.0701 e. The van der Waals surface area contributed by atoms with Gasteiger partial charge in [-0.15, -0.1) is 0 Å². The second-order valence-electron chi connectivity index (χ2n) is 6.13. The quantitative estimate of drug-likeness (QED) is 0.718. The van der Waals surface area contributed by atoms with E-state index in [1.165, 1.54) is 29.9 Å². The lowest BCUT2D eigenvalue weighted by Gasteiger charge is -2.44. The van der Waals surface area contributed by atoms with E-state index in [1.807, 2.05) is 11.8 Å². The van der Waals surface area contributed by atoms with E-state index in [0.717, 1.165) is 28.4 Å². The Hall–Kier alpha value is 0.450. The van der Waals surface area contributed by atoms with Crippen molar-refractivity contribution in [1.29, 1.82) is 0 Å². The van der Waals surface area contributed by atoms with Gasteiger partial charge in [-0.05, 0) is 66.9 Å². The highest BCUT2D eigenvalue weighted by molar-refractivity contribution is 9.11. The third-order valence-electron chi connectivity index (χ3n) is 4.71. The largest absolute Gasteiger partial charge is 0.375 e. The van der Waals surface area contributed by atoms with Crippen molar-refractivity contribution in [1.82, 2.24) is 0 Å². The molecule has 0 radical (unpaired) electrons. The van der Waals surface area contributed by atoms with Crippen LogP contribution in [-0.4, -0.2) is 23.7 Å². The molecule has 2 heterocycles. The summed E-state index contributed by atoms with van der Waals surface area (Å²) >= 11 is 9.17. The first kappa shape index (κ1) is 16.3. The number of ether oxygens (including phenoxy) is 1. The molecule has 2 saturated heterocycles. The summed E-state index contributed by atoms with van der Waals surface area (Å²) in [5.74, 6) is 2.97. The summed E-state index contributed by atoms with van der Waals surface area (Å²) in [4.78, 5) is 0. The number of nitrogens with two attached hydrogens (primary N) is 1. The molecule has 1 aromatic rings. The molecule has 1 spiro atoms. The molecule has 2 unspecified atom stereocenters. The summed E-state index contributed by atoms with van der Waals surface area (Å²) in [5, 5.41) is 0. The first-order valence-electron chi connectivity index (χ1n) is 7.51. The van der Waals surface area contributed by atoms with Crippen molar-refractivity contribution >= 4 is 43.6 Å². The Labute approximate surface area is 147 Å². The van der Waals surface area contributed by atoms with Crippen LogP contribution in [0, 0.1) is 5.92 Å². The Morgan fingerprint density at radius 1 is 1.19 bits per heavy atom. The van der Waals surface area contributed by atoms with Gasteiger partial charge in [0.05, 0.1) is 5.60 Å². The molecule has 116 valence electrons. The normalized spacial score (nSPS) is 26.7. The van der Waals surface area contributed by atoms with E-state index in [0.29, 0.717) is 5.92 Å². The van der Waals surface area contributed by atoms with Crippen LogP contribution in [0.3, 0.4) is 0 Å². The van der Waals surface area contributed by atoms with E-state index in [4.69, 9.17) is 10.5 Å². The fourth-order valence-corrected chi connectivity index (χ4v) is 6.07. The summed E-state index contributed by atoms with van der Waals surface area (Å²) in [5.41, 5.74) is 7.91. The Bertz CT molecular complexity index is 479. The van der Waals surface area contributed by atoms with Crippen LogP contribution in [0.2, 0.25) is 0 Å². The van der Waals surface area contributed by atoms with Crippen LogP contribution < -0.4 is 5.73 Å². The van der Waals surface area contributed by atoms with Gasteiger partial charge in [0, 0.05) is 21.6 Å². The number of benzene rings is 1. The van der Waals surface area contributed by atoms with Crippen molar-refractivity contribution in [2.45, 2.75) is 37.3 Å². The molecular weight excluding hydrogens is 414 g/mol. The van der Waals surface area contributed by atoms with Crippen molar-refractivity contribution in [2.75, 3.05) is 18.1 Å². The van der Waals surface area contributed by atoms with Crippen LogP contribution in [0.5, 0.6) is 0 Å². The molecule has 0 saturated carbocycles. The second-order valence-corrected chi connectivity index (χ2v) is 9.18. The fraction of sp³-hybridized carbons (Fsp3) is 0.625. The average molecular weight is 435 g/mol. The molecule has 21 heavy (non-hydrogen) atoms. The molecule has 0 aliphatic carbocycles. The SMILES string of the molecule is NC(c1cc(Br)cc(Br)c1)C1CCOC2(CCSCC2)C1. The second kappa shape index (κ2) is 6.91. The van der Waals surface area contributed by atoms with Gasteiger partial charge in [0.15, 0.2) is 0 Å². The molecular formula is C16H21Br2NOS. The Kier molecular flexibility index (Phi) is 5.37. The monoisotopic (exact) mass is 433 g/mol. The van der Waals surface area contributed by atoms with Gasteiger partial charge in [0.2, 0.25) is 0 Å². The van der Waals surface area contributed by atoms with E-state index < -0.39 is 0 Å². The van der Waals surface area contributed by atoms with Crippen molar-refractivity contribution in [2.24, 2.45) is 11.7 Å². The zero-order chi connectivity index (χ0) is 14.9. The van der Waals surface area contributed by atoms with Crippen molar-refractivity contribution in [3.05, 3.63) is 32.7 Å². The first-order valence-corrected chi connectivity index (χ1v) is 10.3. The van der Waals surface area contributed by atoms with Crippen LogP contribution in [0.25, 0.3) is 0 Å². The van der Waals surface area contributed by atoms with E-state index in [2.05, 4.69) is 50.1 Å². The Balaban J connectivity index is 1.76. The minimum atomic E-state index is 0.0918. The van der Waals surface area contributed by atoms with Crippen LogP contribution in [-0.2, 0) is 4.74 Å². The Morgan fingerprint density at radius 2 is 1.86 bits per heavy atom. The summed E-state index contributed by atoms with van der Waals surface area (Å²) in [7, 11) is 0. The maximum atomic E-state index is 6.60. The number of rotatable bonds is 2. The number of hydrogen-bond acceptors (Lipinski definition) is 3. The molecule has 2 N–H and O–H groups in total. The van der Waals surface area contributed by atoms with E-state index in [9.17, 15) is 0 Å². The third kappa shape index (κ3) is 3.86. The van der Waals surface area contributed by atoms with Crippen LogP contribution in [0.4, 0.5) is 0 Å². The van der Waals surface area contributed by atoms with E-state index >= 15 is 0 Å². The van der Waals surface area contributed by atoms with Crippen LogP contribution in [0.15, 0.2) is 27.1 Å². The maximum Gasteiger partial charge on any atom is 0.0701 e. The predicted octanol–water partition coefficient (Wildman–Crippen LogP) is 4.90. The Morgan fingerprint density at radius 3 is 2.52 bits per heavy atom. The third-order valence-corrected chi connectivity index (χ3v) is 6.61. The zero-order valence-corrected chi connectivity index (χ0v) is 16.0. The van der Waals surface area contributed by atoms with Gasteiger partial charge in [-0.3, -0.25) is 0 Å².